The maximum atomic E-state index is 12.9. The summed E-state index contributed by atoms with van der Waals surface area (Å²) < 4.78 is 34.2. The first-order chi connectivity index (χ1) is 12.0. The molecule has 1 aliphatic heterocycles. The summed E-state index contributed by atoms with van der Waals surface area (Å²) in [6.07, 6.45) is 7.12. The molecule has 8 heteroatoms. The Morgan fingerprint density at radius 3 is 2.36 bits per heavy atom. The van der Waals surface area contributed by atoms with E-state index in [1.165, 1.54) is 6.42 Å². The van der Waals surface area contributed by atoms with Crippen LogP contribution in [0.4, 0.5) is 5.82 Å². The lowest BCUT2D eigenvalue weighted by atomic mass is 9.96. The number of hydrogen-bond donors (Lipinski definition) is 0. The van der Waals surface area contributed by atoms with E-state index in [4.69, 9.17) is 4.74 Å². The lowest BCUT2D eigenvalue weighted by molar-refractivity contribution is 0.259. The molecule has 3 rings (SSSR count). The normalized spacial score (nSPS) is 20.8. The standard InChI is InChI=1S/C17H28N4O3S/c1-19(15-6-4-3-5-7-15)25(22,23)21-12-10-20(11-13-21)17-9-8-16(24-2)14-18-17/h8-9,14-15H,3-7,10-13H2,1-2H3. The zero-order valence-corrected chi connectivity index (χ0v) is 15.9. The summed E-state index contributed by atoms with van der Waals surface area (Å²) in [4.78, 5) is 6.51. The number of aromatic nitrogens is 1. The lowest BCUT2D eigenvalue weighted by Crippen LogP contribution is -2.54. The molecule has 1 aromatic rings. The minimum Gasteiger partial charge on any atom is -0.495 e. The van der Waals surface area contributed by atoms with Crippen LogP contribution in [-0.2, 0) is 10.2 Å². The van der Waals surface area contributed by atoms with Crippen LogP contribution in [0.15, 0.2) is 18.3 Å². The van der Waals surface area contributed by atoms with Gasteiger partial charge >= 0.3 is 0 Å². The summed E-state index contributed by atoms with van der Waals surface area (Å²) in [5.41, 5.74) is 0. The van der Waals surface area contributed by atoms with Gasteiger partial charge in [-0.1, -0.05) is 19.3 Å². The number of ether oxygens (including phenoxy) is 1. The van der Waals surface area contributed by atoms with Crippen molar-refractivity contribution in [3.05, 3.63) is 18.3 Å². The fourth-order valence-corrected chi connectivity index (χ4v) is 5.22. The average Bonchev–Trinajstić information content (AvgIpc) is 2.68. The van der Waals surface area contributed by atoms with Gasteiger partial charge in [0.2, 0.25) is 0 Å². The SMILES string of the molecule is COc1ccc(N2CCN(S(=O)(=O)N(C)C3CCCCC3)CC2)nc1. The van der Waals surface area contributed by atoms with Crippen molar-refractivity contribution in [2.24, 2.45) is 0 Å². The fraction of sp³-hybridized carbons (Fsp3) is 0.706. The molecule has 0 atom stereocenters. The Kier molecular flexibility index (Phi) is 5.81. The molecule has 1 saturated carbocycles. The Morgan fingerprint density at radius 1 is 1.12 bits per heavy atom. The van der Waals surface area contributed by atoms with E-state index in [0.717, 1.165) is 37.3 Å². The summed E-state index contributed by atoms with van der Waals surface area (Å²) in [6, 6.07) is 3.94. The number of methoxy groups -OCH3 is 1. The van der Waals surface area contributed by atoms with Gasteiger partial charge in [-0.25, -0.2) is 4.98 Å². The van der Waals surface area contributed by atoms with Crippen molar-refractivity contribution in [1.82, 2.24) is 13.6 Å². The van der Waals surface area contributed by atoms with Crippen LogP contribution in [0, 0.1) is 0 Å². The zero-order chi connectivity index (χ0) is 17.9. The topological polar surface area (TPSA) is 66.0 Å². The molecule has 25 heavy (non-hydrogen) atoms. The maximum Gasteiger partial charge on any atom is 0.282 e. The van der Waals surface area contributed by atoms with E-state index in [2.05, 4.69) is 9.88 Å². The van der Waals surface area contributed by atoms with Crippen LogP contribution in [0.3, 0.4) is 0 Å². The quantitative estimate of drug-likeness (QED) is 0.792. The highest BCUT2D eigenvalue weighted by atomic mass is 32.2. The van der Waals surface area contributed by atoms with Crippen LogP contribution in [0.5, 0.6) is 5.75 Å². The minimum absolute atomic E-state index is 0.153. The van der Waals surface area contributed by atoms with E-state index in [9.17, 15) is 8.42 Å². The molecule has 1 aromatic heterocycles. The molecule has 2 fully saturated rings. The molecule has 0 amide bonds. The Balaban J connectivity index is 1.60. The molecule has 7 nitrogen and oxygen atoms in total. The summed E-state index contributed by atoms with van der Waals surface area (Å²) in [7, 11) is -0.0253. The number of hydrogen-bond acceptors (Lipinski definition) is 5. The molecule has 0 aromatic carbocycles. The molecule has 1 saturated heterocycles. The third-order valence-corrected chi connectivity index (χ3v) is 7.34. The minimum atomic E-state index is -3.38. The molecular weight excluding hydrogens is 340 g/mol. The van der Waals surface area contributed by atoms with E-state index >= 15 is 0 Å². The van der Waals surface area contributed by atoms with Crippen molar-refractivity contribution >= 4 is 16.0 Å². The van der Waals surface area contributed by atoms with E-state index in [-0.39, 0.29) is 6.04 Å². The van der Waals surface area contributed by atoms with Crippen molar-refractivity contribution in [3.63, 3.8) is 0 Å². The third-order valence-electron chi connectivity index (χ3n) is 5.30. The molecule has 0 unspecified atom stereocenters. The molecule has 2 aliphatic rings. The van der Waals surface area contributed by atoms with Gasteiger partial charge in [0.25, 0.3) is 10.2 Å². The fourth-order valence-electron chi connectivity index (χ4n) is 3.64. The van der Waals surface area contributed by atoms with E-state index in [1.54, 1.807) is 29.0 Å². The van der Waals surface area contributed by atoms with Gasteiger partial charge in [-0.05, 0) is 25.0 Å². The van der Waals surface area contributed by atoms with E-state index in [0.29, 0.717) is 26.2 Å². The first kappa shape index (κ1) is 18.4. The van der Waals surface area contributed by atoms with Crippen molar-refractivity contribution < 1.29 is 13.2 Å². The summed E-state index contributed by atoms with van der Waals surface area (Å²) in [5, 5.41) is 0. The summed E-state index contributed by atoms with van der Waals surface area (Å²) in [6.45, 7) is 2.29. The maximum absolute atomic E-state index is 12.9. The number of rotatable bonds is 5. The zero-order valence-electron chi connectivity index (χ0n) is 15.1. The molecule has 0 N–H and O–H groups in total. The highest BCUT2D eigenvalue weighted by Crippen LogP contribution is 2.25. The smallest absolute Gasteiger partial charge is 0.282 e. The third kappa shape index (κ3) is 4.07. The van der Waals surface area contributed by atoms with Gasteiger partial charge in [0, 0.05) is 39.3 Å². The molecule has 2 heterocycles. The highest BCUT2D eigenvalue weighted by molar-refractivity contribution is 7.86. The molecule has 0 radical (unpaired) electrons. The number of anilines is 1. The molecule has 1 aliphatic carbocycles. The molecule has 140 valence electrons. The second-order valence-electron chi connectivity index (χ2n) is 6.76. The summed E-state index contributed by atoms with van der Waals surface area (Å²) >= 11 is 0. The Labute approximate surface area is 150 Å². The molecule has 0 bridgehead atoms. The van der Waals surface area contributed by atoms with Crippen molar-refractivity contribution in [2.45, 2.75) is 38.1 Å². The van der Waals surface area contributed by atoms with Gasteiger partial charge in [-0.3, -0.25) is 0 Å². The Bertz CT molecular complexity index is 651. The van der Waals surface area contributed by atoms with Crippen LogP contribution in [-0.4, -0.2) is 68.4 Å². The second kappa shape index (κ2) is 7.88. The van der Waals surface area contributed by atoms with Gasteiger partial charge in [0.05, 0.1) is 13.3 Å². The van der Waals surface area contributed by atoms with Gasteiger partial charge in [-0.15, -0.1) is 0 Å². The van der Waals surface area contributed by atoms with Crippen LogP contribution in [0.1, 0.15) is 32.1 Å². The number of piperazine rings is 1. The summed E-state index contributed by atoms with van der Waals surface area (Å²) in [5.74, 6) is 1.58. The lowest BCUT2D eigenvalue weighted by Gasteiger charge is -2.39. The van der Waals surface area contributed by atoms with Crippen LogP contribution in [0.25, 0.3) is 0 Å². The Morgan fingerprint density at radius 2 is 1.80 bits per heavy atom. The predicted octanol–water partition coefficient (Wildman–Crippen LogP) is 1.72. The van der Waals surface area contributed by atoms with Gasteiger partial charge in [0.15, 0.2) is 0 Å². The first-order valence-electron chi connectivity index (χ1n) is 9.00. The van der Waals surface area contributed by atoms with Crippen molar-refractivity contribution in [2.75, 3.05) is 45.2 Å². The molecule has 0 spiro atoms. The van der Waals surface area contributed by atoms with Crippen molar-refractivity contribution in [1.29, 1.82) is 0 Å². The first-order valence-corrected chi connectivity index (χ1v) is 10.4. The Hall–Kier alpha value is -1.38. The van der Waals surface area contributed by atoms with Gasteiger partial charge in [-0.2, -0.15) is 17.0 Å². The van der Waals surface area contributed by atoms with Crippen LogP contribution < -0.4 is 9.64 Å². The average molecular weight is 369 g/mol. The monoisotopic (exact) mass is 368 g/mol. The number of pyridine rings is 1. The largest absolute Gasteiger partial charge is 0.495 e. The van der Waals surface area contributed by atoms with Gasteiger partial charge in [0.1, 0.15) is 11.6 Å². The van der Waals surface area contributed by atoms with Crippen LogP contribution >= 0.6 is 0 Å². The highest BCUT2D eigenvalue weighted by Gasteiger charge is 2.34. The van der Waals surface area contributed by atoms with Crippen LogP contribution in [0.2, 0.25) is 0 Å². The number of nitrogens with zero attached hydrogens (tertiary/aromatic N) is 4. The van der Waals surface area contributed by atoms with E-state index < -0.39 is 10.2 Å². The van der Waals surface area contributed by atoms with Crippen molar-refractivity contribution in [3.8, 4) is 5.75 Å². The van der Waals surface area contributed by atoms with Gasteiger partial charge < -0.3 is 9.64 Å². The second-order valence-corrected chi connectivity index (χ2v) is 8.75. The molecular formula is C17H28N4O3S. The predicted molar refractivity (Wildman–Crippen MR) is 98.1 cm³/mol. The van der Waals surface area contributed by atoms with E-state index in [1.807, 2.05) is 12.1 Å².